The fourth-order valence-corrected chi connectivity index (χ4v) is 0.860. The molecule has 1 aliphatic heterocycles. The topological polar surface area (TPSA) is 75.4 Å². The van der Waals surface area contributed by atoms with Crippen LogP contribution < -0.4 is 40.4 Å². The Balaban J connectivity index is 0.000001000. The van der Waals surface area contributed by atoms with Gasteiger partial charge in [-0.2, -0.15) is 0 Å². The van der Waals surface area contributed by atoms with E-state index < -0.39 is 5.97 Å². The number of carboxylic acids is 1. The molecule has 4 nitrogen and oxygen atoms in total. The van der Waals surface area contributed by atoms with Gasteiger partial charge in [-0.3, -0.25) is 0 Å². The van der Waals surface area contributed by atoms with Crippen LogP contribution in [0.4, 0.5) is 0 Å². The number of carbonyl (C=O) groups excluding carboxylic acids is 1. The number of hydrogen-bond donors (Lipinski definition) is 1. The summed E-state index contributed by atoms with van der Waals surface area (Å²) in [6.07, 6.45) is 0.481. The number of carboxylic acid groups (broad SMARTS) is 1. The van der Waals surface area contributed by atoms with E-state index in [1.54, 1.807) is 0 Å². The van der Waals surface area contributed by atoms with Crippen LogP contribution >= 0.6 is 0 Å². The summed E-state index contributed by atoms with van der Waals surface area (Å²) in [5, 5.41) is 9.98. The van der Waals surface area contributed by atoms with E-state index in [1.165, 1.54) is 0 Å². The predicted octanol–water partition coefficient (Wildman–Crippen LogP) is -4.75. The zero-order valence-electron chi connectivity index (χ0n) is 6.63. The molecular weight excluding hydrogens is 157 g/mol. The molecule has 0 aromatic carbocycles. The molecule has 5 heteroatoms. The van der Waals surface area contributed by atoms with E-state index in [4.69, 9.17) is 10.5 Å². The predicted molar refractivity (Wildman–Crippen MR) is 32.0 cm³/mol. The summed E-state index contributed by atoms with van der Waals surface area (Å²) in [5.41, 5.74) is 5.25. The Morgan fingerprint density at radius 3 is 2.45 bits per heavy atom. The fourth-order valence-electron chi connectivity index (χ4n) is 0.860. The van der Waals surface area contributed by atoms with Crippen molar-refractivity contribution in [3.05, 3.63) is 0 Å². The van der Waals surface area contributed by atoms with E-state index >= 15 is 0 Å². The van der Waals surface area contributed by atoms with Crippen molar-refractivity contribution in [2.75, 3.05) is 13.2 Å². The van der Waals surface area contributed by atoms with Gasteiger partial charge in [0.1, 0.15) is 0 Å². The summed E-state index contributed by atoms with van der Waals surface area (Å²) >= 11 is 0. The van der Waals surface area contributed by atoms with E-state index in [0.717, 1.165) is 0 Å². The number of rotatable bonds is 3. The van der Waals surface area contributed by atoms with Crippen molar-refractivity contribution in [3.63, 3.8) is 0 Å². The molecule has 0 aliphatic carbocycles. The Labute approximate surface area is 87.4 Å². The van der Waals surface area contributed by atoms with Gasteiger partial charge < -0.3 is 20.4 Å². The molecule has 0 aromatic rings. The molecule has 0 atom stereocenters. The van der Waals surface area contributed by atoms with Gasteiger partial charge in [-0.1, -0.05) is 0 Å². The van der Waals surface area contributed by atoms with Crippen LogP contribution in [0.3, 0.4) is 0 Å². The molecular formula is C6H10NNaO3. The minimum absolute atomic E-state index is 0. The summed E-state index contributed by atoms with van der Waals surface area (Å²) in [4.78, 5) is 9.98. The van der Waals surface area contributed by atoms with Gasteiger partial charge >= 0.3 is 29.6 Å². The second kappa shape index (κ2) is 4.42. The van der Waals surface area contributed by atoms with Gasteiger partial charge in [0.2, 0.25) is 0 Å². The number of nitrogens with two attached hydrogens (primary N) is 1. The second-order valence-electron chi connectivity index (χ2n) is 2.73. The molecule has 0 unspecified atom stereocenters. The Hall–Kier alpha value is 0.390. The van der Waals surface area contributed by atoms with Gasteiger partial charge in [0.05, 0.1) is 18.8 Å². The van der Waals surface area contributed by atoms with Gasteiger partial charge in [0, 0.05) is 5.97 Å². The van der Waals surface area contributed by atoms with Crippen LogP contribution in [0.2, 0.25) is 0 Å². The van der Waals surface area contributed by atoms with Crippen molar-refractivity contribution in [1.82, 2.24) is 0 Å². The Kier molecular flexibility index (Phi) is 4.58. The normalized spacial score (nSPS) is 19.7. The van der Waals surface area contributed by atoms with Crippen molar-refractivity contribution >= 4 is 5.97 Å². The molecule has 0 bridgehead atoms. The van der Waals surface area contributed by atoms with Crippen molar-refractivity contribution in [1.29, 1.82) is 0 Å². The first kappa shape index (κ1) is 11.4. The summed E-state index contributed by atoms with van der Waals surface area (Å²) in [6.45, 7) is 0.945. The number of carbonyl (C=O) groups is 1. The van der Waals surface area contributed by atoms with Gasteiger partial charge in [-0.15, -0.1) is 0 Å². The van der Waals surface area contributed by atoms with Gasteiger partial charge in [-0.25, -0.2) is 0 Å². The molecule has 1 fully saturated rings. The first-order valence-corrected chi connectivity index (χ1v) is 3.19. The molecule has 1 aliphatic rings. The maximum atomic E-state index is 9.98. The quantitative estimate of drug-likeness (QED) is 0.428. The zero-order chi connectivity index (χ0) is 7.61. The fraction of sp³-hybridized carbons (Fsp3) is 0.833. The molecule has 58 valence electrons. The molecule has 0 spiro atoms. The maximum absolute atomic E-state index is 9.98. The van der Waals surface area contributed by atoms with E-state index in [-0.39, 0.29) is 41.5 Å². The molecule has 2 N–H and O–H groups in total. The zero-order valence-corrected chi connectivity index (χ0v) is 8.63. The van der Waals surface area contributed by atoms with Gasteiger partial charge in [-0.05, 0) is 12.8 Å². The van der Waals surface area contributed by atoms with Crippen molar-refractivity contribution in [2.45, 2.75) is 18.4 Å². The average Bonchev–Trinajstić information content (AvgIpc) is 1.79. The molecule has 11 heavy (non-hydrogen) atoms. The smallest absolute Gasteiger partial charge is 0.550 e. The van der Waals surface area contributed by atoms with Crippen molar-refractivity contribution in [3.8, 4) is 0 Å². The van der Waals surface area contributed by atoms with Crippen LogP contribution in [0.5, 0.6) is 0 Å². The van der Waals surface area contributed by atoms with E-state index in [0.29, 0.717) is 19.6 Å². The third-order valence-electron chi connectivity index (χ3n) is 1.61. The van der Waals surface area contributed by atoms with Crippen LogP contribution in [-0.4, -0.2) is 24.7 Å². The average molecular weight is 167 g/mol. The minimum atomic E-state index is -1.04. The molecule has 1 saturated heterocycles. The van der Waals surface area contributed by atoms with Crippen molar-refractivity contribution in [2.24, 2.45) is 5.73 Å². The Morgan fingerprint density at radius 2 is 2.18 bits per heavy atom. The number of hydrogen-bond acceptors (Lipinski definition) is 4. The van der Waals surface area contributed by atoms with Crippen LogP contribution in [0.15, 0.2) is 0 Å². The largest absolute Gasteiger partial charge is 1.00 e. The van der Waals surface area contributed by atoms with Crippen LogP contribution in [-0.2, 0) is 9.53 Å². The van der Waals surface area contributed by atoms with E-state index in [2.05, 4.69) is 0 Å². The third-order valence-corrected chi connectivity index (χ3v) is 1.61. The molecule has 1 heterocycles. The van der Waals surface area contributed by atoms with Crippen LogP contribution in [0.25, 0.3) is 0 Å². The summed E-state index contributed by atoms with van der Waals surface area (Å²) in [7, 11) is 0. The summed E-state index contributed by atoms with van der Waals surface area (Å²) < 4.78 is 4.83. The first-order valence-electron chi connectivity index (χ1n) is 3.19. The Bertz CT molecular complexity index is 147. The van der Waals surface area contributed by atoms with Crippen LogP contribution in [0.1, 0.15) is 12.8 Å². The Morgan fingerprint density at radius 1 is 1.64 bits per heavy atom. The second-order valence-corrected chi connectivity index (χ2v) is 2.73. The molecule has 0 saturated carbocycles. The van der Waals surface area contributed by atoms with Crippen LogP contribution in [0, 0.1) is 0 Å². The summed E-state index contributed by atoms with van der Waals surface area (Å²) in [6, 6.07) is 0. The number of ether oxygens (including phenoxy) is 1. The third kappa shape index (κ3) is 3.53. The van der Waals surface area contributed by atoms with E-state index in [1.807, 2.05) is 0 Å². The summed E-state index contributed by atoms with van der Waals surface area (Å²) in [5.74, 6) is -1.04. The van der Waals surface area contributed by atoms with E-state index in [9.17, 15) is 9.90 Å². The molecule has 0 radical (unpaired) electrons. The molecule has 0 aromatic heterocycles. The monoisotopic (exact) mass is 167 g/mol. The SMILES string of the molecule is NC1(CCC(=O)[O-])COC1.[Na+]. The first-order chi connectivity index (χ1) is 4.62. The molecule has 1 rings (SSSR count). The standard InChI is InChI=1S/C6H11NO3.Na/c7-6(3-10-4-6)2-1-5(8)9;/h1-4,7H2,(H,8,9);/q;+1/p-1. The maximum Gasteiger partial charge on any atom is 1.00 e. The minimum Gasteiger partial charge on any atom is -0.550 e. The number of aliphatic carboxylic acids is 1. The van der Waals surface area contributed by atoms with Gasteiger partial charge in [0.25, 0.3) is 0 Å². The molecule has 0 amide bonds. The van der Waals surface area contributed by atoms with Crippen molar-refractivity contribution < 1.29 is 44.2 Å². The van der Waals surface area contributed by atoms with Gasteiger partial charge in [0.15, 0.2) is 0 Å².